The lowest BCUT2D eigenvalue weighted by atomic mass is 10.2. The number of sulfone groups is 1. The summed E-state index contributed by atoms with van der Waals surface area (Å²) >= 11 is 0. The fraction of sp³-hybridized carbons (Fsp3) is 0.600. The molecule has 1 unspecified atom stereocenters. The molecule has 7 heteroatoms. The van der Waals surface area contributed by atoms with Gasteiger partial charge in [-0.1, -0.05) is 5.16 Å². The molecule has 1 aromatic rings. The number of rotatable bonds is 2. The summed E-state index contributed by atoms with van der Waals surface area (Å²) in [5.74, 6) is -0.0526. The second kappa shape index (κ2) is 4.14. The first-order chi connectivity index (χ1) is 7.91. The monoisotopic (exact) mass is 258 g/mol. The predicted octanol–water partition coefficient (Wildman–Crippen LogP) is 0.242. The Bertz CT molecular complexity index is 534. The van der Waals surface area contributed by atoms with Gasteiger partial charge in [-0.25, -0.2) is 8.42 Å². The Morgan fingerprint density at radius 3 is 2.76 bits per heavy atom. The number of nitrogens with zero attached hydrogens (tertiary/aromatic N) is 2. The molecular formula is C10H14N2O4S. The molecule has 0 N–H and O–H groups in total. The number of carbonyl (C=O) groups is 1. The molecule has 1 amide bonds. The standard InChI is InChI=1S/C10H14N2O4S/c1-7-9(5-16-11-7)10(13)12(2)8-3-4-17(14,15)6-8/h5,8H,3-4,6H2,1-2H3. The van der Waals surface area contributed by atoms with Crippen molar-refractivity contribution in [3.05, 3.63) is 17.5 Å². The van der Waals surface area contributed by atoms with Crippen molar-refractivity contribution in [1.29, 1.82) is 0 Å². The quantitative estimate of drug-likeness (QED) is 0.759. The summed E-state index contributed by atoms with van der Waals surface area (Å²) in [5, 5.41) is 3.63. The average Bonchev–Trinajstić information content (AvgIpc) is 2.82. The fourth-order valence-corrected chi connectivity index (χ4v) is 3.71. The largest absolute Gasteiger partial charge is 0.364 e. The summed E-state index contributed by atoms with van der Waals surface area (Å²) < 4.78 is 27.4. The molecule has 0 bridgehead atoms. The van der Waals surface area contributed by atoms with Crippen molar-refractivity contribution in [3.8, 4) is 0 Å². The van der Waals surface area contributed by atoms with Crippen LogP contribution in [0.3, 0.4) is 0 Å². The number of aromatic nitrogens is 1. The highest BCUT2D eigenvalue weighted by Crippen LogP contribution is 2.19. The Labute approximate surface area is 99.5 Å². The van der Waals surface area contributed by atoms with E-state index in [1.165, 1.54) is 11.2 Å². The summed E-state index contributed by atoms with van der Waals surface area (Å²) in [6, 6.07) is -0.248. The van der Waals surface area contributed by atoms with E-state index in [9.17, 15) is 13.2 Å². The molecule has 1 aliphatic heterocycles. The molecule has 2 rings (SSSR count). The Balaban J connectivity index is 2.14. The van der Waals surface area contributed by atoms with Crippen LogP contribution in [-0.2, 0) is 9.84 Å². The minimum Gasteiger partial charge on any atom is -0.364 e. The Hall–Kier alpha value is -1.37. The maximum Gasteiger partial charge on any atom is 0.259 e. The molecule has 0 aromatic carbocycles. The Morgan fingerprint density at radius 2 is 2.29 bits per heavy atom. The summed E-state index contributed by atoms with van der Waals surface area (Å²) in [6.07, 6.45) is 1.78. The first-order valence-electron chi connectivity index (χ1n) is 5.29. The van der Waals surface area contributed by atoms with Crippen LogP contribution in [-0.4, -0.2) is 49.0 Å². The van der Waals surface area contributed by atoms with Crippen LogP contribution < -0.4 is 0 Å². The van der Waals surface area contributed by atoms with E-state index in [0.717, 1.165) is 0 Å². The highest BCUT2D eigenvalue weighted by molar-refractivity contribution is 7.91. The molecule has 0 aliphatic carbocycles. The van der Waals surface area contributed by atoms with Crippen molar-refractivity contribution in [2.24, 2.45) is 0 Å². The maximum atomic E-state index is 12.1. The van der Waals surface area contributed by atoms with E-state index in [1.807, 2.05) is 0 Å². The predicted molar refractivity (Wildman–Crippen MR) is 60.4 cm³/mol. The first-order valence-corrected chi connectivity index (χ1v) is 7.11. The van der Waals surface area contributed by atoms with Crippen LogP contribution in [0.1, 0.15) is 22.5 Å². The van der Waals surface area contributed by atoms with Gasteiger partial charge in [-0.15, -0.1) is 0 Å². The van der Waals surface area contributed by atoms with Crippen molar-refractivity contribution in [2.45, 2.75) is 19.4 Å². The zero-order chi connectivity index (χ0) is 12.6. The van der Waals surface area contributed by atoms with Crippen molar-refractivity contribution < 1.29 is 17.7 Å². The van der Waals surface area contributed by atoms with Gasteiger partial charge in [0, 0.05) is 13.1 Å². The fourth-order valence-electron chi connectivity index (χ4n) is 1.93. The SMILES string of the molecule is Cc1nocc1C(=O)N(C)C1CCS(=O)(=O)C1. The molecular weight excluding hydrogens is 244 g/mol. The van der Waals surface area contributed by atoms with Gasteiger partial charge in [0.25, 0.3) is 5.91 Å². The van der Waals surface area contributed by atoms with Crippen molar-refractivity contribution in [1.82, 2.24) is 10.1 Å². The van der Waals surface area contributed by atoms with Gasteiger partial charge in [0.1, 0.15) is 11.8 Å². The van der Waals surface area contributed by atoms with E-state index < -0.39 is 9.84 Å². The average molecular weight is 258 g/mol. The lowest BCUT2D eigenvalue weighted by molar-refractivity contribution is 0.0746. The molecule has 0 spiro atoms. The molecule has 17 heavy (non-hydrogen) atoms. The third kappa shape index (κ3) is 2.33. The second-order valence-corrected chi connectivity index (χ2v) is 6.52. The first kappa shape index (κ1) is 12.1. The summed E-state index contributed by atoms with van der Waals surface area (Å²) in [6.45, 7) is 1.68. The molecule has 0 saturated carbocycles. The molecule has 6 nitrogen and oxygen atoms in total. The van der Waals surface area contributed by atoms with Crippen molar-refractivity contribution in [2.75, 3.05) is 18.6 Å². The molecule has 1 atom stereocenters. The van der Waals surface area contributed by atoms with Gasteiger partial charge in [-0.3, -0.25) is 4.79 Å². The minimum atomic E-state index is -2.99. The topological polar surface area (TPSA) is 80.5 Å². The van der Waals surface area contributed by atoms with Crippen LogP contribution in [0.15, 0.2) is 10.8 Å². The second-order valence-electron chi connectivity index (χ2n) is 4.29. The number of hydrogen-bond acceptors (Lipinski definition) is 5. The zero-order valence-electron chi connectivity index (χ0n) is 9.71. The third-order valence-electron chi connectivity index (χ3n) is 3.06. The van der Waals surface area contributed by atoms with Crippen molar-refractivity contribution >= 4 is 15.7 Å². The van der Waals surface area contributed by atoms with Crippen LogP contribution in [0.5, 0.6) is 0 Å². The molecule has 0 radical (unpaired) electrons. The zero-order valence-corrected chi connectivity index (χ0v) is 10.5. The van der Waals surface area contributed by atoms with Crippen molar-refractivity contribution in [3.63, 3.8) is 0 Å². The van der Waals surface area contributed by atoms with E-state index in [-0.39, 0.29) is 23.5 Å². The van der Waals surface area contributed by atoms with Gasteiger partial charge in [0.05, 0.1) is 17.2 Å². The molecule has 1 saturated heterocycles. The van der Waals surface area contributed by atoms with Crippen LogP contribution in [0.2, 0.25) is 0 Å². The molecule has 94 valence electrons. The van der Waals surface area contributed by atoms with E-state index in [2.05, 4.69) is 5.16 Å². The maximum absolute atomic E-state index is 12.1. The van der Waals surface area contributed by atoms with Gasteiger partial charge in [-0.2, -0.15) is 0 Å². The Morgan fingerprint density at radius 1 is 1.59 bits per heavy atom. The van der Waals surface area contributed by atoms with E-state index in [1.54, 1.807) is 14.0 Å². The number of aryl methyl sites for hydroxylation is 1. The van der Waals surface area contributed by atoms with Gasteiger partial charge in [0.2, 0.25) is 0 Å². The normalized spacial score (nSPS) is 22.6. The Kier molecular flexibility index (Phi) is 2.94. The number of hydrogen-bond donors (Lipinski definition) is 0. The van der Waals surface area contributed by atoms with Gasteiger partial charge in [0.15, 0.2) is 9.84 Å². The molecule has 2 heterocycles. The van der Waals surface area contributed by atoms with Gasteiger partial charge < -0.3 is 9.42 Å². The van der Waals surface area contributed by atoms with Crippen LogP contribution in [0, 0.1) is 6.92 Å². The lowest BCUT2D eigenvalue weighted by Gasteiger charge is -2.22. The van der Waals surface area contributed by atoms with Crippen LogP contribution in [0.25, 0.3) is 0 Å². The van der Waals surface area contributed by atoms with Gasteiger partial charge in [-0.05, 0) is 13.3 Å². The van der Waals surface area contributed by atoms with Gasteiger partial charge >= 0.3 is 0 Å². The van der Waals surface area contributed by atoms with E-state index in [0.29, 0.717) is 17.7 Å². The summed E-state index contributed by atoms with van der Waals surface area (Å²) in [7, 11) is -1.37. The molecule has 1 aliphatic rings. The van der Waals surface area contributed by atoms with E-state index in [4.69, 9.17) is 4.52 Å². The lowest BCUT2D eigenvalue weighted by Crippen LogP contribution is -2.37. The minimum absolute atomic E-state index is 0.0412. The highest BCUT2D eigenvalue weighted by atomic mass is 32.2. The molecule has 1 fully saturated rings. The van der Waals surface area contributed by atoms with Crippen LogP contribution in [0.4, 0.5) is 0 Å². The highest BCUT2D eigenvalue weighted by Gasteiger charge is 2.33. The summed E-state index contributed by atoms with van der Waals surface area (Å²) in [5.41, 5.74) is 0.902. The van der Waals surface area contributed by atoms with E-state index >= 15 is 0 Å². The smallest absolute Gasteiger partial charge is 0.259 e. The number of carbonyl (C=O) groups excluding carboxylic acids is 1. The molecule has 1 aromatic heterocycles. The third-order valence-corrected chi connectivity index (χ3v) is 4.81. The summed E-state index contributed by atoms with van der Waals surface area (Å²) in [4.78, 5) is 13.5. The number of amides is 1. The van der Waals surface area contributed by atoms with Crippen LogP contribution >= 0.6 is 0 Å².